The molecule has 262 valence electrons. The van der Waals surface area contributed by atoms with Gasteiger partial charge in [-0.1, -0.05) is 200 Å². The summed E-state index contributed by atoms with van der Waals surface area (Å²) in [5, 5.41) is 0. The predicted molar refractivity (Wildman–Crippen MR) is 198 cm³/mol. The lowest BCUT2D eigenvalue weighted by Gasteiger charge is -2.32. The quantitative estimate of drug-likeness (QED) is 0.0396. The zero-order valence-electron chi connectivity index (χ0n) is 31.0. The second-order valence-electron chi connectivity index (χ2n) is 14.2. The number of rotatable bonds is 36. The van der Waals surface area contributed by atoms with E-state index in [1.54, 1.807) is 0 Å². The van der Waals surface area contributed by atoms with Crippen molar-refractivity contribution in [3.63, 3.8) is 0 Å². The molecule has 0 fully saturated rings. The van der Waals surface area contributed by atoms with Gasteiger partial charge >= 0.3 is 5.97 Å². The van der Waals surface area contributed by atoms with Crippen LogP contribution in [0, 0.1) is 5.41 Å². The maximum absolute atomic E-state index is 13.9. The van der Waals surface area contributed by atoms with Gasteiger partial charge in [0.05, 0.1) is 12.0 Å². The molecule has 0 N–H and O–H groups in total. The number of allylic oxidation sites excluding steroid dienone is 2. The summed E-state index contributed by atoms with van der Waals surface area (Å²) in [6.07, 6.45) is 46.7. The minimum Gasteiger partial charge on any atom is -0.465 e. The van der Waals surface area contributed by atoms with Crippen molar-refractivity contribution in [1.82, 2.24) is 0 Å². The Labute approximate surface area is 278 Å². The van der Waals surface area contributed by atoms with Crippen LogP contribution in [0.1, 0.15) is 240 Å². The first kappa shape index (κ1) is 43.2. The molecule has 0 aliphatic carbocycles. The van der Waals surface area contributed by atoms with E-state index in [-0.39, 0.29) is 11.4 Å². The molecule has 0 unspecified atom stereocenters. The van der Waals surface area contributed by atoms with Crippen LogP contribution in [0.2, 0.25) is 0 Å². The fourth-order valence-electron chi connectivity index (χ4n) is 6.73. The van der Waals surface area contributed by atoms with Gasteiger partial charge in [0.15, 0.2) is 0 Å². The Morgan fingerprint density at radius 3 is 1.07 bits per heavy atom. The summed E-state index contributed by atoms with van der Waals surface area (Å²) < 4.78 is 6.13. The zero-order chi connectivity index (χ0) is 32.2. The molecule has 0 saturated heterocycles. The lowest BCUT2D eigenvalue weighted by molar-refractivity contribution is -0.158. The Balaban J connectivity index is 4.86. The van der Waals surface area contributed by atoms with Gasteiger partial charge in [-0.15, -0.1) is 0 Å². The van der Waals surface area contributed by atoms with E-state index in [9.17, 15) is 4.79 Å². The predicted octanol–water partition coefficient (Wildman–Crippen LogP) is 15.0. The molecular weight excluding hydrogens is 536 g/mol. The van der Waals surface area contributed by atoms with Crippen molar-refractivity contribution < 1.29 is 9.53 Å². The first-order valence-corrected chi connectivity index (χ1v) is 20.5. The van der Waals surface area contributed by atoms with Crippen LogP contribution in [0.15, 0.2) is 12.2 Å². The van der Waals surface area contributed by atoms with E-state index in [4.69, 9.17) is 4.74 Å². The molecule has 0 atom stereocenters. The Kier molecular flexibility index (Phi) is 34.4. The minimum atomic E-state index is -0.241. The number of carbonyl (C=O) groups is 1. The first-order valence-electron chi connectivity index (χ1n) is 20.5. The topological polar surface area (TPSA) is 26.3 Å². The van der Waals surface area contributed by atoms with Gasteiger partial charge in [0.2, 0.25) is 0 Å². The fourth-order valence-corrected chi connectivity index (χ4v) is 6.73. The normalized spacial score (nSPS) is 12.0. The molecule has 44 heavy (non-hydrogen) atoms. The molecule has 0 rings (SSSR count). The fraction of sp³-hybridized carbons (Fsp3) is 0.929. The van der Waals surface area contributed by atoms with Crippen LogP contribution in [0.5, 0.6) is 0 Å². The molecule has 0 aromatic carbocycles. The second-order valence-corrected chi connectivity index (χ2v) is 14.2. The van der Waals surface area contributed by atoms with E-state index in [2.05, 4.69) is 39.8 Å². The lowest BCUT2D eigenvalue weighted by Crippen LogP contribution is -2.34. The molecule has 0 aliphatic heterocycles. The highest BCUT2D eigenvalue weighted by Crippen LogP contribution is 2.39. The molecule has 0 spiro atoms. The summed E-state index contributed by atoms with van der Waals surface area (Å²) in [5.41, 5.74) is -0.241. The highest BCUT2D eigenvalue weighted by atomic mass is 16.5. The van der Waals surface area contributed by atoms with Gasteiger partial charge < -0.3 is 4.74 Å². The summed E-state index contributed by atoms with van der Waals surface area (Å²) in [6.45, 7) is 9.77. The van der Waals surface area contributed by atoms with Crippen molar-refractivity contribution in [1.29, 1.82) is 0 Å². The molecule has 2 heteroatoms. The van der Waals surface area contributed by atoms with Crippen LogP contribution >= 0.6 is 0 Å². The lowest BCUT2D eigenvalue weighted by atomic mass is 9.74. The van der Waals surface area contributed by atoms with Crippen LogP contribution in [-0.2, 0) is 9.53 Å². The minimum absolute atomic E-state index is 0.158. The smallest absolute Gasteiger partial charge is 0.312 e. The van der Waals surface area contributed by atoms with E-state index in [1.165, 1.54) is 186 Å². The first-order chi connectivity index (χ1) is 21.7. The molecule has 0 bridgehead atoms. The average Bonchev–Trinajstić information content (AvgIpc) is 3.03. The molecule has 0 aliphatic rings. The molecule has 0 saturated carbocycles. The summed E-state index contributed by atoms with van der Waals surface area (Å²) in [4.78, 5) is 13.9. The van der Waals surface area contributed by atoms with Crippen molar-refractivity contribution in [3.05, 3.63) is 12.2 Å². The number of unbranched alkanes of at least 4 members (excludes halogenated alkanes) is 25. The Bertz CT molecular complexity index is 579. The second kappa shape index (κ2) is 35.1. The summed E-state index contributed by atoms with van der Waals surface area (Å²) in [5.74, 6) is 0.158. The van der Waals surface area contributed by atoms with Crippen LogP contribution in [0.3, 0.4) is 0 Å². The highest BCUT2D eigenvalue weighted by Gasteiger charge is 2.38. The third kappa shape index (κ3) is 27.5. The molecule has 0 heterocycles. The van der Waals surface area contributed by atoms with E-state index in [0.29, 0.717) is 6.61 Å². The molecule has 0 amide bonds. The molecule has 2 nitrogen and oxygen atoms in total. The third-order valence-corrected chi connectivity index (χ3v) is 9.85. The van der Waals surface area contributed by atoms with Gasteiger partial charge in [-0.25, -0.2) is 0 Å². The highest BCUT2D eigenvalue weighted by molar-refractivity contribution is 5.76. The van der Waals surface area contributed by atoms with Gasteiger partial charge in [-0.05, 0) is 51.4 Å². The van der Waals surface area contributed by atoms with Crippen LogP contribution in [0.25, 0.3) is 0 Å². The summed E-state index contributed by atoms with van der Waals surface area (Å²) in [6, 6.07) is 0. The zero-order valence-corrected chi connectivity index (χ0v) is 31.0. The molecular formula is C42H82O2. The maximum Gasteiger partial charge on any atom is 0.312 e. The van der Waals surface area contributed by atoms with Crippen molar-refractivity contribution in [2.24, 2.45) is 5.41 Å². The van der Waals surface area contributed by atoms with Crippen molar-refractivity contribution in [2.75, 3.05) is 6.61 Å². The van der Waals surface area contributed by atoms with Gasteiger partial charge in [-0.2, -0.15) is 0 Å². The SMILES string of the molecule is CCCCCCCCC=CCCCCCCC(CCCCCCCC)(CCCCCCCC)C(=O)OCCCCCCCC. The van der Waals surface area contributed by atoms with Crippen molar-refractivity contribution in [2.45, 2.75) is 240 Å². The van der Waals surface area contributed by atoms with Gasteiger partial charge in [0.1, 0.15) is 0 Å². The van der Waals surface area contributed by atoms with Gasteiger partial charge in [-0.3, -0.25) is 4.79 Å². The Hall–Kier alpha value is -0.790. The standard InChI is InChI=1S/C42H82O2/c1-5-9-13-17-21-22-23-24-25-26-27-28-31-35-39-42(37-33-29-18-14-10-6-2,38-34-30-19-15-11-7-3)41(43)44-40-36-32-20-16-12-8-4/h24-25H,5-23,26-40H2,1-4H3. The number of ether oxygens (including phenoxy) is 1. The summed E-state index contributed by atoms with van der Waals surface area (Å²) >= 11 is 0. The molecule has 0 aromatic rings. The van der Waals surface area contributed by atoms with E-state index in [0.717, 1.165) is 25.7 Å². The monoisotopic (exact) mass is 619 g/mol. The largest absolute Gasteiger partial charge is 0.465 e. The number of hydrogen-bond acceptors (Lipinski definition) is 2. The van der Waals surface area contributed by atoms with Gasteiger partial charge in [0.25, 0.3) is 0 Å². The van der Waals surface area contributed by atoms with Crippen LogP contribution < -0.4 is 0 Å². The van der Waals surface area contributed by atoms with Crippen molar-refractivity contribution in [3.8, 4) is 0 Å². The Morgan fingerprint density at radius 2 is 0.705 bits per heavy atom. The molecule has 0 radical (unpaired) electrons. The van der Waals surface area contributed by atoms with Crippen LogP contribution in [0.4, 0.5) is 0 Å². The van der Waals surface area contributed by atoms with E-state index >= 15 is 0 Å². The number of hydrogen-bond donors (Lipinski definition) is 0. The van der Waals surface area contributed by atoms with E-state index < -0.39 is 0 Å². The Morgan fingerprint density at radius 1 is 0.409 bits per heavy atom. The number of carbonyl (C=O) groups excluding carboxylic acids is 1. The van der Waals surface area contributed by atoms with Crippen LogP contribution in [-0.4, -0.2) is 12.6 Å². The van der Waals surface area contributed by atoms with Gasteiger partial charge in [0, 0.05) is 0 Å². The van der Waals surface area contributed by atoms with E-state index in [1.807, 2.05) is 0 Å². The third-order valence-electron chi connectivity index (χ3n) is 9.85. The maximum atomic E-state index is 13.9. The average molecular weight is 619 g/mol. The molecule has 0 aromatic heterocycles. The summed E-state index contributed by atoms with van der Waals surface area (Å²) in [7, 11) is 0. The van der Waals surface area contributed by atoms with Crippen molar-refractivity contribution >= 4 is 5.97 Å². The number of esters is 1.